The van der Waals surface area contributed by atoms with Crippen LogP contribution < -0.4 is 10.3 Å². The second kappa shape index (κ2) is 5.04. The van der Waals surface area contributed by atoms with Crippen LogP contribution in [0.25, 0.3) is 11.0 Å². The van der Waals surface area contributed by atoms with Crippen LogP contribution in [0.2, 0.25) is 0 Å². The van der Waals surface area contributed by atoms with Gasteiger partial charge in [-0.1, -0.05) is 38.1 Å². The molecular weight excluding hydrogens is 210 g/mol. The molecule has 1 aromatic heterocycles. The highest BCUT2D eigenvalue weighted by Gasteiger charge is 2.18. The van der Waals surface area contributed by atoms with Gasteiger partial charge in [-0.15, -0.1) is 0 Å². The lowest BCUT2D eigenvalue weighted by Gasteiger charge is -1.99. The van der Waals surface area contributed by atoms with E-state index in [0.29, 0.717) is 0 Å². The zero-order valence-electron chi connectivity index (χ0n) is 10.4. The second-order valence-electron chi connectivity index (χ2n) is 4.25. The molecule has 0 saturated heterocycles. The summed E-state index contributed by atoms with van der Waals surface area (Å²) in [6, 6.07) is 8.34. The van der Waals surface area contributed by atoms with Gasteiger partial charge in [-0.3, -0.25) is 5.73 Å². The Kier molecular flexibility index (Phi) is 3.47. The van der Waals surface area contributed by atoms with Crippen LogP contribution >= 0.6 is 0 Å². The van der Waals surface area contributed by atoms with E-state index in [1.807, 2.05) is 12.1 Å². The highest BCUT2D eigenvalue weighted by Crippen LogP contribution is 2.16. The zero-order valence-corrected chi connectivity index (χ0v) is 10.4. The molecule has 0 bridgehead atoms. The number of aryl methyl sites for hydroxylation is 1. The number of allylic oxidation sites excluding steroid dienone is 1. The van der Waals surface area contributed by atoms with E-state index in [1.165, 1.54) is 17.5 Å². The maximum atomic E-state index is 6.22. The first kappa shape index (κ1) is 11.7. The Hall–Kier alpha value is -1.77. The fourth-order valence-corrected chi connectivity index (χ4v) is 2.19. The van der Waals surface area contributed by atoms with Crippen molar-refractivity contribution in [3.8, 4) is 0 Å². The molecule has 1 aromatic carbocycles. The van der Waals surface area contributed by atoms with E-state index in [9.17, 15) is 0 Å². The van der Waals surface area contributed by atoms with Gasteiger partial charge in [0.15, 0.2) is 0 Å². The molecule has 0 aliphatic carbocycles. The monoisotopic (exact) mass is 230 g/mol. The molecule has 0 fully saturated rings. The number of aromatic nitrogens is 2. The Balaban J connectivity index is 2.57. The van der Waals surface area contributed by atoms with Crippen molar-refractivity contribution in [3.05, 3.63) is 36.9 Å². The van der Waals surface area contributed by atoms with Gasteiger partial charge < -0.3 is 0 Å². The maximum absolute atomic E-state index is 6.22. The van der Waals surface area contributed by atoms with Gasteiger partial charge in [0.1, 0.15) is 11.0 Å². The molecule has 0 aliphatic rings. The lowest BCUT2D eigenvalue weighted by molar-refractivity contribution is -0.657. The quantitative estimate of drug-likeness (QED) is 0.621. The number of nitrogens with zero attached hydrogens (tertiary/aromatic N) is 2. The summed E-state index contributed by atoms with van der Waals surface area (Å²) in [6.07, 6.45) is 4.21. The van der Waals surface area contributed by atoms with Crippen molar-refractivity contribution >= 4 is 17.0 Å². The van der Waals surface area contributed by atoms with E-state index in [-0.39, 0.29) is 0 Å². The summed E-state index contributed by atoms with van der Waals surface area (Å²) in [7, 11) is 0. The summed E-state index contributed by atoms with van der Waals surface area (Å²) in [4.78, 5) is 0. The van der Waals surface area contributed by atoms with Crippen molar-refractivity contribution < 1.29 is 4.57 Å². The summed E-state index contributed by atoms with van der Waals surface area (Å²) in [6.45, 7) is 7.72. The van der Waals surface area contributed by atoms with Crippen molar-refractivity contribution in [3.63, 3.8) is 0 Å². The third-order valence-electron chi connectivity index (χ3n) is 3.06. The normalized spacial score (nSPS) is 10.9. The minimum Gasteiger partial charge on any atom is -0.290 e. The number of imidazole rings is 1. The van der Waals surface area contributed by atoms with Crippen LogP contribution in [0.15, 0.2) is 36.9 Å². The average molecular weight is 230 g/mol. The Morgan fingerprint density at radius 3 is 2.88 bits per heavy atom. The number of nitrogen functional groups attached to an aromatic ring is 1. The number of hydrogen-bond acceptors (Lipinski definition) is 1. The summed E-state index contributed by atoms with van der Waals surface area (Å²) in [5, 5.41) is 0. The van der Waals surface area contributed by atoms with Gasteiger partial charge in [0.2, 0.25) is 0 Å². The van der Waals surface area contributed by atoms with Crippen molar-refractivity contribution in [2.75, 3.05) is 5.73 Å². The Labute approximate surface area is 102 Å². The van der Waals surface area contributed by atoms with E-state index < -0.39 is 0 Å². The molecule has 2 N–H and O–H groups in total. The molecule has 0 aliphatic heterocycles. The number of para-hydroxylation sites is 2. The van der Waals surface area contributed by atoms with Crippen LogP contribution in [0.1, 0.15) is 19.8 Å². The summed E-state index contributed by atoms with van der Waals surface area (Å²) in [5.41, 5.74) is 8.61. The van der Waals surface area contributed by atoms with Gasteiger partial charge in [-0.2, -0.15) is 0 Å². The van der Waals surface area contributed by atoms with Crippen molar-refractivity contribution in [1.82, 2.24) is 4.57 Å². The Bertz CT molecular complexity index is 525. The fourth-order valence-electron chi connectivity index (χ4n) is 2.19. The summed E-state index contributed by atoms with van der Waals surface area (Å²) >= 11 is 0. The molecule has 0 amide bonds. The van der Waals surface area contributed by atoms with Gasteiger partial charge in [0.25, 0.3) is 0 Å². The van der Waals surface area contributed by atoms with Gasteiger partial charge in [-0.05, 0) is 18.6 Å². The molecule has 0 spiro atoms. The van der Waals surface area contributed by atoms with Crippen molar-refractivity contribution in [2.45, 2.75) is 32.9 Å². The number of rotatable bonds is 5. The average Bonchev–Trinajstić information content (AvgIpc) is 2.61. The van der Waals surface area contributed by atoms with Crippen LogP contribution in [0.5, 0.6) is 0 Å². The number of unbranched alkanes of at least 4 members (excludes halogenated alkanes) is 1. The number of hydrogen-bond donors (Lipinski definition) is 1. The molecular formula is C14H20N3+. The van der Waals surface area contributed by atoms with Crippen LogP contribution in [-0.4, -0.2) is 4.57 Å². The van der Waals surface area contributed by atoms with Gasteiger partial charge in [-0.25, -0.2) is 9.13 Å². The predicted octanol–water partition coefficient (Wildman–Crippen LogP) is 2.50. The van der Waals surface area contributed by atoms with E-state index in [4.69, 9.17) is 5.73 Å². The minimum absolute atomic E-state index is 0.755. The van der Waals surface area contributed by atoms with Crippen molar-refractivity contribution in [2.24, 2.45) is 0 Å². The minimum atomic E-state index is 0.755. The molecule has 2 aromatic rings. The molecule has 0 saturated carbocycles. The Morgan fingerprint density at radius 2 is 2.18 bits per heavy atom. The van der Waals surface area contributed by atoms with E-state index in [2.05, 4.69) is 40.8 Å². The topological polar surface area (TPSA) is 34.8 Å². The van der Waals surface area contributed by atoms with Crippen LogP contribution in [0.3, 0.4) is 0 Å². The lowest BCUT2D eigenvalue weighted by atomic mass is 10.3. The highest BCUT2D eigenvalue weighted by molar-refractivity contribution is 5.73. The highest BCUT2D eigenvalue weighted by atomic mass is 15.2. The number of nitrogens with two attached hydrogens (primary N) is 1. The first-order chi connectivity index (χ1) is 8.29. The Morgan fingerprint density at radius 1 is 1.41 bits per heavy atom. The lowest BCUT2D eigenvalue weighted by Crippen LogP contribution is -2.36. The second-order valence-corrected chi connectivity index (χ2v) is 4.25. The van der Waals surface area contributed by atoms with Crippen LogP contribution in [-0.2, 0) is 13.1 Å². The molecule has 3 heteroatoms. The molecule has 0 atom stereocenters. The van der Waals surface area contributed by atoms with E-state index in [0.717, 1.165) is 25.5 Å². The SMILES string of the molecule is C=CCn1c(N)[n+](CCCC)c2ccccc21. The summed E-state index contributed by atoms with van der Waals surface area (Å²) in [5.74, 6) is 0.819. The molecule has 1 heterocycles. The van der Waals surface area contributed by atoms with E-state index in [1.54, 1.807) is 0 Å². The zero-order chi connectivity index (χ0) is 12.3. The first-order valence-electron chi connectivity index (χ1n) is 6.17. The van der Waals surface area contributed by atoms with Gasteiger partial charge >= 0.3 is 5.95 Å². The van der Waals surface area contributed by atoms with Gasteiger partial charge in [0.05, 0.1) is 13.1 Å². The van der Waals surface area contributed by atoms with Crippen molar-refractivity contribution in [1.29, 1.82) is 0 Å². The smallest absolute Gasteiger partial charge is 0.290 e. The molecule has 0 unspecified atom stereocenters. The van der Waals surface area contributed by atoms with E-state index >= 15 is 0 Å². The maximum Gasteiger partial charge on any atom is 0.356 e. The standard InChI is InChI=1S/C14H19N3/c1-3-5-11-17-13-9-7-6-8-12(13)16(10-4-2)14(17)15/h4,6-9,15H,2-3,5,10-11H2,1H3/p+1. The molecule has 17 heavy (non-hydrogen) atoms. The first-order valence-corrected chi connectivity index (χ1v) is 6.17. The van der Waals surface area contributed by atoms with Crippen LogP contribution in [0, 0.1) is 0 Å². The molecule has 90 valence electrons. The molecule has 0 radical (unpaired) electrons. The number of fused-ring (bicyclic) bond motifs is 1. The number of anilines is 1. The summed E-state index contributed by atoms with van der Waals surface area (Å²) < 4.78 is 4.31. The number of benzene rings is 1. The third-order valence-corrected chi connectivity index (χ3v) is 3.06. The fraction of sp³-hybridized carbons (Fsp3) is 0.357. The molecule has 2 rings (SSSR count). The molecule has 3 nitrogen and oxygen atoms in total. The largest absolute Gasteiger partial charge is 0.356 e. The van der Waals surface area contributed by atoms with Crippen LogP contribution in [0.4, 0.5) is 5.95 Å². The third kappa shape index (κ3) is 2.05. The van der Waals surface area contributed by atoms with Gasteiger partial charge in [0, 0.05) is 0 Å². The predicted molar refractivity (Wildman–Crippen MR) is 71.7 cm³/mol.